The minimum absolute atomic E-state index is 0.0824. The molecule has 20 heavy (non-hydrogen) atoms. The van der Waals surface area contributed by atoms with Crippen molar-refractivity contribution in [3.63, 3.8) is 0 Å². The summed E-state index contributed by atoms with van der Waals surface area (Å²) >= 11 is 0. The predicted octanol–water partition coefficient (Wildman–Crippen LogP) is 2.10. The van der Waals surface area contributed by atoms with E-state index < -0.39 is 17.7 Å². The van der Waals surface area contributed by atoms with E-state index in [-0.39, 0.29) is 11.6 Å². The Labute approximate surface area is 116 Å². The SMILES string of the molecule is CC(C)(C)OC(=O)N1CCC(c2ocnc2C(=O)O)C1. The number of oxazole rings is 1. The van der Waals surface area contributed by atoms with E-state index in [2.05, 4.69) is 4.98 Å². The largest absolute Gasteiger partial charge is 0.476 e. The summed E-state index contributed by atoms with van der Waals surface area (Å²) in [5.41, 5.74) is -0.630. The van der Waals surface area contributed by atoms with Crippen molar-refractivity contribution in [2.75, 3.05) is 13.1 Å². The van der Waals surface area contributed by atoms with Gasteiger partial charge in [-0.3, -0.25) is 0 Å². The Balaban J connectivity index is 2.04. The smallest absolute Gasteiger partial charge is 0.410 e. The van der Waals surface area contributed by atoms with E-state index in [4.69, 9.17) is 14.3 Å². The Morgan fingerprint density at radius 3 is 2.80 bits per heavy atom. The molecule has 110 valence electrons. The molecule has 0 bridgehead atoms. The number of carbonyl (C=O) groups is 2. The van der Waals surface area contributed by atoms with Crippen LogP contribution in [0, 0.1) is 0 Å². The zero-order valence-corrected chi connectivity index (χ0v) is 11.8. The molecule has 7 nitrogen and oxygen atoms in total. The van der Waals surface area contributed by atoms with Gasteiger partial charge in [0.1, 0.15) is 11.4 Å². The molecule has 2 rings (SSSR count). The van der Waals surface area contributed by atoms with Crippen molar-refractivity contribution in [1.82, 2.24) is 9.88 Å². The van der Waals surface area contributed by atoms with E-state index in [0.29, 0.717) is 25.3 Å². The molecular formula is C13H18N2O5. The molecule has 1 aromatic heterocycles. The number of carboxylic acids is 1. The van der Waals surface area contributed by atoms with Crippen LogP contribution in [0.25, 0.3) is 0 Å². The molecule has 1 unspecified atom stereocenters. The molecule has 1 amide bonds. The number of hydrogen-bond donors (Lipinski definition) is 1. The first-order valence-corrected chi connectivity index (χ1v) is 6.42. The number of aromatic carboxylic acids is 1. The van der Waals surface area contributed by atoms with Crippen LogP contribution < -0.4 is 0 Å². The summed E-state index contributed by atoms with van der Waals surface area (Å²) in [5.74, 6) is -0.954. The molecule has 1 fully saturated rings. The molecule has 0 aromatic carbocycles. The molecule has 2 heterocycles. The highest BCUT2D eigenvalue weighted by molar-refractivity contribution is 5.86. The quantitative estimate of drug-likeness (QED) is 0.892. The van der Waals surface area contributed by atoms with Gasteiger partial charge in [0, 0.05) is 19.0 Å². The summed E-state index contributed by atoms with van der Waals surface area (Å²) in [4.78, 5) is 28.2. The summed E-state index contributed by atoms with van der Waals surface area (Å²) < 4.78 is 10.5. The molecule has 0 saturated carbocycles. The highest BCUT2D eigenvalue weighted by atomic mass is 16.6. The van der Waals surface area contributed by atoms with Gasteiger partial charge in [0.25, 0.3) is 0 Å². The first-order chi connectivity index (χ1) is 9.28. The van der Waals surface area contributed by atoms with Gasteiger partial charge in [-0.2, -0.15) is 0 Å². The average molecular weight is 282 g/mol. The number of likely N-dealkylation sites (tertiary alicyclic amines) is 1. The molecule has 0 aliphatic carbocycles. The molecule has 0 radical (unpaired) electrons. The Morgan fingerprint density at radius 2 is 2.20 bits per heavy atom. The number of nitrogens with zero attached hydrogens (tertiary/aromatic N) is 2. The van der Waals surface area contributed by atoms with Crippen molar-refractivity contribution < 1.29 is 23.8 Å². The lowest BCUT2D eigenvalue weighted by atomic mass is 10.0. The van der Waals surface area contributed by atoms with Crippen LogP contribution >= 0.6 is 0 Å². The van der Waals surface area contributed by atoms with Crippen LogP contribution in [0.1, 0.15) is 49.4 Å². The lowest BCUT2D eigenvalue weighted by molar-refractivity contribution is 0.0292. The van der Waals surface area contributed by atoms with E-state index >= 15 is 0 Å². The van der Waals surface area contributed by atoms with E-state index in [1.54, 1.807) is 25.7 Å². The summed E-state index contributed by atoms with van der Waals surface area (Å²) in [6, 6.07) is 0. The van der Waals surface area contributed by atoms with Crippen LogP contribution in [0.3, 0.4) is 0 Å². The molecular weight excluding hydrogens is 264 g/mol. The van der Waals surface area contributed by atoms with Crippen LogP contribution in [0.5, 0.6) is 0 Å². The van der Waals surface area contributed by atoms with Crippen molar-refractivity contribution >= 4 is 12.1 Å². The van der Waals surface area contributed by atoms with Gasteiger partial charge in [0.15, 0.2) is 12.1 Å². The number of aromatic nitrogens is 1. The van der Waals surface area contributed by atoms with Crippen molar-refractivity contribution in [3.8, 4) is 0 Å². The third kappa shape index (κ3) is 3.09. The number of carboxylic acid groups (broad SMARTS) is 1. The minimum Gasteiger partial charge on any atom is -0.476 e. The van der Waals surface area contributed by atoms with Crippen LogP contribution in [-0.4, -0.2) is 45.7 Å². The normalized spacial score (nSPS) is 19.1. The van der Waals surface area contributed by atoms with Crippen LogP contribution in [-0.2, 0) is 4.74 Å². The van der Waals surface area contributed by atoms with Crippen molar-refractivity contribution in [2.45, 2.75) is 38.7 Å². The minimum atomic E-state index is -1.12. The zero-order chi connectivity index (χ0) is 14.9. The molecule has 1 aliphatic heterocycles. The Bertz CT molecular complexity index is 517. The Morgan fingerprint density at radius 1 is 1.50 bits per heavy atom. The summed E-state index contributed by atoms with van der Waals surface area (Å²) in [6.45, 7) is 6.30. The summed E-state index contributed by atoms with van der Waals surface area (Å²) in [5, 5.41) is 9.02. The number of hydrogen-bond acceptors (Lipinski definition) is 5. The summed E-state index contributed by atoms with van der Waals surface area (Å²) in [7, 11) is 0. The van der Waals surface area contributed by atoms with Crippen molar-refractivity contribution in [2.24, 2.45) is 0 Å². The van der Waals surface area contributed by atoms with Gasteiger partial charge in [0.2, 0.25) is 0 Å². The number of ether oxygens (including phenoxy) is 1. The summed E-state index contributed by atoms with van der Waals surface area (Å²) in [6.07, 6.45) is 1.36. The second-order valence-electron chi connectivity index (χ2n) is 5.78. The van der Waals surface area contributed by atoms with Gasteiger partial charge >= 0.3 is 12.1 Å². The van der Waals surface area contributed by atoms with Gasteiger partial charge in [-0.25, -0.2) is 14.6 Å². The van der Waals surface area contributed by atoms with Gasteiger partial charge in [-0.15, -0.1) is 0 Å². The Kier molecular flexibility index (Phi) is 3.69. The second-order valence-corrected chi connectivity index (χ2v) is 5.78. The molecule has 1 N–H and O–H groups in total. The van der Waals surface area contributed by atoms with E-state index in [9.17, 15) is 9.59 Å². The van der Waals surface area contributed by atoms with Crippen molar-refractivity contribution in [1.29, 1.82) is 0 Å². The first kappa shape index (κ1) is 14.4. The molecule has 1 aromatic rings. The second kappa shape index (κ2) is 5.15. The number of carbonyl (C=O) groups excluding carboxylic acids is 1. The van der Waals surface area contributed by atoms with Crippen LogP contribution in [0.2, 0.25) is 0 Å². The lowest BCUT2D eigenvalue weighted by Gasteiger charge is -2.24. The lowest BCUT2D eigenvalue weighted by Crippen LogP contribution is -2.35. The standard InChI is InChI=1S/C13H18N2O5/c1-13(2,3)20-12(18)15-5-4-8(6-15)10-9(11(16)17)14-7-19-10/h7-8H,4-6H2,1-3H3,(H,16,17). The maximum absolute atomic E-state index is 11.9. The predicted molar refractivity (Wildman–Crippen MR) is 68.6 cm³/mol. The molecule has 1 aliphatic rings. The fraction of sp³-hybridized carbons (Fsp3) is 0.615. The fourth-order valence-corrected chi connectivity index (χ4v) is 2.17. The Hall–Kier alpha value is -2.05. The topological polar surface area (TPSA) is 92.9 Å². The maximum Gasteiger partial charge on any atom is 0.410 e. The third-order valence-electron chi connectivity index (χ3n) is 3.01. The highest BCUT2D eigenvalue weighted by Crippen LogP contribution is 2.30. The third-order valence-corrected chi connectivity index (χ3v) is 3.01. The average Bonchev–Trinajstić information content (AvgIpc) is 2.95. The van der Waals surface area contributed by atoms with E-state index in [1.807, 2.05) is 0 Å². The molecule has 1 atom stereocenters. The zero-order valence-electron chi connectivity index (χ0n) is 11.8. The molecule has 0 spiro atoms. The van der Waals surface area contributed by atoms with E-state index in [0.717, 1.165) is 6.39 Å². The number of amides is 1. The molecule has 1 saturated heterocycles. The highest BCUT2D eigenvalue weighted by Gasteiger charge is 2.34. The maximum atomic E-state index is 11.9. The number of rotatable bonds is 2. The van der Waals surface area contributed by atoms with Gasteiger partial charge in [0.05, 0.1) is 0 Å². The van der Waals surface area contributed by atoms with Crippen molar-refractivity contribution in [3.05, 3.63) is 17.8 Å². The van der Waals surface area contributed by atoms with Gasteiger partial charge < -0.3 is 19.2 Å². The van der Waals surface area contributed by atoms with Gasteiger partial charge in [-0.05, 0) is 27.2 Å². The molecule has 7 heteroatoms. The first-order valence-electron chi connectivity index (χ1n) is 6.42. The fourth-order valence-electron chi connectivity index (χ4n) is 2.17. The monoisotopic (exact) mass is 282 g/mol. The van der Waals surface area contributed by atoms with E-state index in [1.165, 1.54) is 0 Å². The van der Waals surface area contributed by atoms with Crippen LogP contribution in [0.15, 0.2) is 10.8 Å². The van der Waals surface area contributed by atoms with Gasteiger partial charge in [-0.1, -0.05) is 0 Å². The van der Waals surface area contributed by atoms with Crippen LogP contribution in [0.4, 0.5) is 4.79 Å².